The van der Waals surface area contributed by atoms with Crippen LogP contribution in [-0.2, 0) is 19.3 Å². The van der Waals surface area contributed by atoms with E-state index in [0.717, 1.165) is 38.6 Å². The van der Waals surface area contributed by atoms with E-state index >= 15 is 0 Å². The van der Waals surface area contributed by atoms with Gasteiger partial charge in [-0.05, 0) is 74.2 Å². The van der Waals surface area contributed by atoms with E-state index in [2.05, 4.69) is 6.07 Å². The standard InChI is InChI=1S/C14H21NO/c15-10-4-3-5-11-8-9-14(16)13-7-2-1-6-12(11)13/h8-9,16H,1-7,10,15H2. The number of fused-ring (bicyclic) bond motifs is 1. The van der Waals surface area contributed by atoms with Gasteiger partial charge >= 0.3 is 0 Å². The molecule has 2 rings (SSSR count). The Hall–Kier alpha value is -1.02. The monoisotopic (exact) mass is 219 g/mol. The zero-order valence-corrected chi connectivity index (χ0v) is 9.84. The SMILES string of the molecule is NCCCCc1ccc(O)c2c1CCCC2. The van der Waals surface area contributed by atoms with E-state index in [1.165, 1.54) is 29.5 Å². The average molecular weight is 219 g/mol. The molecule has 0 saturated heterocycles. The second-order valence-electron chi connectivity index (χ2n) is 4.65. The smallest absolute Gasteiger partial charge is 0.119 e. The highest BCUT2D eigenvalue weighted by Crippen LogP contribution is 2.32. The van der Waals surface area contributed by atoms with Crippen molar-refractivity contribution in [3.8, 4) is 5.75 Å². The van der Waals surface area contributed by atoms with E-state index < -0.39 is 0 Å². The van der Waals surface area contributed by atoms with Gasteiger partial charge in [-0.15, -0.1) is 0 Å². The Kier molecular flexibility index (Phi) is 3.83. The molecule has 0 radical (unpaired) electrons. The molecule has 0 saturated carbocycles. The molecule has 0 heterocycles. The van der Waals surface area contributed by atoms with Gasteiger partial charge in [0.25, 0.3) is 0 Å². The summed E-state index contributed by atoms with van der Waals surface area (Å²) in [6.45, 7) is 0.778. The van der Waals surface area contributed by atoms with Crippen LogP contribution in [0.4, 0.5) is 0 Å². The second-order valence-corrected chi connectivity index (χ2v) is 4.65. The van der Waals surface area contributed by atoms with Gasteiger partial charge in [0.15, 0.2) is 0 Å². The summed E-state index contributed by atoms with van der Waals surface area (Å²) < 4.78 is 0. The quantitative estimate of drug-likeness (QED) is 0.764. The molecule has 2 nitrogen and oxygen atoms in total. The molecule has 0 fully saturated rings. The molecular weight excluding hydrogens is 198 g/mol. The van der Waals surface area contributed by atoms with Gasteiger partial charge < -0.3 is 10.8 Å². The maximum Gasteiger partial charge on any atom is 0.119 e. The van der Waals surface area contributed by atoms with E-state index in [1.54, 1.807) is 0 Å². The number of hydrogen-bond acceptors (Lipinski definition) is 2. The Bertz CT molecular complexity index is 360. The van der Waals surface area contributed by atoms with Crippen LogP contribution >= 0.6 is 0 Å². The molecule has 2 heteroatoms. The van der Waals surface area contributed by atoms with Crippen molar-refractivity contribution in [2.24, 2.45) is 5.73 Å². The summed E-state index contributed by atoms with van der Waals surface area (Å²) in [6.07, 6.45) is 8.03. The number of aromatic hydroxyl groups is 1. The zero-order valence-electron chi connectivity index (χ0n) is 9.84. The summed E-state index contributed by atoms with van der Waals surface area (Å²) >= 11 is 0. The number of hydrogen-bond donors (Lipinski definition) is 2. The van der Waals surface area contributed by atoms with E-state index in [-0.39, 0.29) is 0 Å². The predicted octanol–water partition coefficient (Wildman–Crippen LogP) is 2.55. The highest BCUT2D eigenvalue weighted by molar-refractivity contribution is 5.45. The van der Waals surface area contributed by atoms with Crippen LogP contribution in [0.3, 0.4) is 0 Å². The van der Waals surface area contributed by atoms with Crippen LogP contribution in [-0.4, -0.2) is 11.7 Å². The van der Waals surface area contributed by atoms with Crippen LogP contribution in [0.5, 0.6) is 5.75 Å². The molecule has 88 valence electrons. The maximum absolute atomic E-state index is 9.83. The van der Waals surface area contributed by atoms with Crippen LogP contribution in [0.15, 0.2) is 12.1 Å². The third-order valence-electron chi connectivity index (χ3n) is 3.51. The lowest BCUT2D eigenvalue weighted by Crippen LogP contribution is -2.07. The van der Waals surface area contributed by atoms with Gasteiger partial charge in [-0.1, -0.05) is 6.07 Å². The summed E-state index contributed by atoms with van der Waals surface area (Å²) in [4.78, 5) is 0. The first-order valence-electron chi connectivity index (χ1n) is 6.35. The normalized spacial score (nSPS) is 14.8. The Balaban J connectivity index is 2.18. The summed E-state index contributed by atoms with van der Waals surface area (Å²) in [5.74, 6) is 0.497. The molecule has 16 heavy (non-hydrogen) atoms. The second kappa shape index (κ2) is 5.35. The van der Waals surface area contributed by atoms with Crippen molar-refractivity contribution in [3.63, 3.8) is 0 Å². The van der Waals surface area contributed by atoms with Gasteiger partial charge in [0.05, 0.1) is 0 Å². The van der Waals surface area contributed by atoms with Gasteiger partial charge in [0.2, 0.25) is 0 Å². The Morgan fingerprint density at radius 2 is 1.81 bits per heavy atom. The van der Waals surface area contributed by atoms with Gasteiger partial charge in [-0.2, -0.15) is 0 Å². The number of nitrogens with two attached hydrogens (primary N) is 1. The lowest BCUT2D eigenvalue weighted by Gasteiger charge is -2.20. The third-order valence-corrected chi connectivity index (χ3v) is 3.51. The molecule has 1 aliphatic carbocycles. The molecule has 1 aromatic carbocycles. The fraction of sp³-hybridized carbons (Fsp3) is 0.571. The number of benzene rings is 1. The lowest BCUT2D eigenvalue weighted by molar-refractivity contribution is 0.461. The van der Waals surface area contributed by atoms with Gasteiger partial charge in [-0.25, -0.2) is 0 Å². The number of rotatable bonds is 4. The van der Waals surface area contributed by atoms with Crippen molar-refractivity contribution < 1.29 is 5.11 Å². The fourth-order valence-corrected chi connectivity index (χ4v) is 2.62. The molecule has 3 N–H and O–H groups in total. The van der Waals surface area contributed by atoms with E-state index in [9.17, 15) is 5.11 Å². The van der Waals surface area contributed by atoms with Gasteiger partial charge in [-0.3, -0.25) is 0 Å². The predicted molar refractivity (Wildman–Crippen MR) is 66.7 cm³/mol. The third kappa shape index (κ3) is 2.38. The Labute approximate surface area is 97.5 Å². The minimum atomic E-state index is 0.497. The highest BCUT2D eigenvalue weighted by atomic mass is 16.3. The van der Waals surface area contributed by atoms with Crippen molar-refractivity contribution in [2.75, 3.05) is 6.54 Å². The Morgan fingerprint density at radius 3 is 2.56 bits per heavy atom. The molecule has 0 bridgehead atoms. The van der Waals surface area contributed by atoms with Crippen LogP contribution in [0.1, 0.15) is 42.4 Å². The number of phenols is 1. The fourth-order valence-electron chi connectivity index (χ4n) is 2.62. The average Bonchev–Trinajstić information content (AvgIpc) is 2.33. The molecule has 0 unspecified atom stereocenters. The van der Waals surface area contributed by atoms with Crippen molar-refractivity contribution in [1.82, 2.24) is 0 Å². The lowest BCUT2D eigenvalue weighted by atomic mass is 9.86. The van der Waals surface area contributed by atoms with Gasteiger partial charge in [0, 0.05) is 0 Å². The molecule has 1 aliphatic rings. The van der Waals surface area contributed by atoms with Crippen LogP contribution in [0.2, 0.25) is 0 Å². The highest BCUT2D eigenvalue weighted by Gasteiger charge is 2.16. The maximum atomic E-state index is 9.83. The molecule has 1 aromatic rings. The van der Waals surface area contributed by atoms with Crippen molar-refractivity contribution in [3.05, 3.63) is 28.8 Å². The Morgan fingerprint density at radius 1 is 1.06 bits per heavy atom. The summed E-state index contributed by atoms with van der Waals surface area (Å²) in [7, 11) is 0. The zero-order chi connectivity index (χ0) is 11.4. The summed E-state index contributed by atoms with van der Waals surface area (Å²) in [5.41, 5.74) is 9.57. The first-order valence-corrected chi connectivity index (χ1v) is 6.35. The summed E-state index contributed by atoms with van der Waals surface area (Å²) in [5, 5.41) is 9.83. The molecule has 0 amide bonds. The largest absolute Gasteiger partial charge is 0.508 e. The molecule has 0 aliphatic heterocycles. The van der Waals surface area contributed by atoms with E-state index in [4.69, 9.17) is 5.73 Å². The summed E-state index contributed by atoms with van der Waals surface area (Å²) in [6, 6.07) is 3.96. The topological polar surface area (TPSA) is 46.2 Å². The first-order chi connectivity index (χ1) is 7.83. The minimum Gasteiger partial charge on any atom is -0.508 e. The van der Waals surface area contributed by atoms with Crippen molar-refractivity contribution in [2.45, 2.75) is 44.9 Å². The molecular formula is C14H21NO. The van der Waals surface area contributed by atoms with Crippen LogP contribution < -0.4 is 5.73 Å². The number of aryl methyl sites for hydroxylation is 1. The number of phenolic OH excluding ortho intramolecular Hbond substituents is 1. The number of unbranched alkanes of at least 4 members (excludes halogenated alkanes) is 1. The molecule has 0 atom stereocenters. The molecule has 0 spiro atoms. The van der Waals surface area contributed by atoms with E-state index in [0.29, 0.717) is 5.75 Å². The van der Waals surface area contributed by atoms with Crippen molar-refractivity contribution in [1.29, 1.82) is 0 Å². The van der Waals surface area contributed by atoms with Gasteiger partial charge in [0.1, 0.15) is 5.75 Å². The van der Waals surface area contributed by atoms with Crippen LogP contribution in [0, 0.1) is 0 Å². The van der Waals surface area contributed by atoms with Crippen molar-refractivity contribution >= 4 is 0 Å². The minimum absolute atomic E-state index is 0.497. The van der Waals surface area contributed by atoms with E-state index in [1.807, 2.05) is 6.07 Å². The molecule has 0 aromatic heterocycles. The van der Waals surface area contributed by atoms with Crippen LogP contribution in [0.25, 0.3) is 0 Å². The first kappa shape index (κ1) is 11.5.